The van der Waals surface area contributed by atoms with Gasteiger partial charge in [-0.3, -0.25) is 9.48 Å². The third-order valence-electron chi connectivity index (χ3n) is 4.29. The van der Waals surface area contributed by atoms with Gasteiger partial charge in [-0.15, -0.1) is 12.4 Å². The number of nitrogens with zero attached hydrogens (tertiary/aromatic N) is 3. The quantitative estimate of drug-likeness (QED) is 0.903. The Bertz CT molecular complexity index is 471. The molecule has 20 heavy (non-hydrogen) atoms. The first kappa shape index (κ1) is 15.3. The Labute approximate surface area is 126 Å². The van der Waals surface area contributed by atoms with Crippen LogP contribution in [-0.2, 0) is 11.8 Å². The minimum atomic E-state index is 0. The number of hydrogen-bond acceptors (Lipinski definition) is 3. The number of aromatic nitrogens is 2. The SMILES string of the molecule is CN(CC1CC1)C(=O)[C@H]1CNC[C@@H]1c1cnn(C)c1.Cl. The van der Waals surface area contributed by atoms with Crippen molar-refractivity contribution < 1.29 is 4.79 Å². The Balaban J connectivity index is 0.00000147. The van der Waals surface area contributed by atoms with Crippen LogP contribution < -0.4 is 5.32 Å². The molecular formula is C14H23ClN4O. The van der Waals surface area contributed by atoms with Crippen molar-refractivity contribution in [1.82, 2.24) is 20.0 Å². The molecule has 2 atom stereocenters. The van der Waals surface area contributed by atoms with Gasteiger partial charge in [-0.05, 0) is 24.3 Å². The largest absolute Gasteiger partial charge is 0.345 e. The first-order valence-electron chi connectivity index (χ1n) is 7.09. The summed E-state index contributed by atoms with van der Waals surface area (Å²) in [5.74, 6) is 1.36. The molecule has 1 aromatic heterocycles. The molecule has 0 bridgehead atoms. The molecule has 2 fully saturated rings. The zero-order valence-electron chi connectivity index (χ0n) is 12.1. The van der Waals surface area contributed by atoms with Crippen LogP contribution in [0, 0.1) is 11.8 Å². The van der Waals surface area contributed by atoms with Gasteiger partial charge in [0.1, 0.15) is 0 Å². The highest BCUT2D eigenvalue weighted by Gasteiger charge is 2.37. The zero-order chi connectivity index (χ0) is 13.4. The van der Waals surface area contributed by atoms with E-state index in [1.165, 1.54) is 18.4 Å². The third kappa shape index (κ3) is 3.15. The monoisotopic (exact) mass is 298 g/mol. The van der Waals surface area contributed by atoms with Crippen molar-refractivity contribution in [2.45, 2.75) is 18.8 Å². The molecular weight excluding hydrogens is 276 g/mol. The number of halogens is 1. The van der Waals surface area contributed by atoms with E-state index in [1.807, 2.05) is 36.1 Å². The van der Waals surface area contributed by atoms with Crippen molar-refractivity contribution in [1.29, 1.82) is 0 Å². The summed E-state index contributed by atoms with van der Waals surface area (Å²) < 4.78 is 1.81. The minimum Gasteiger partial charge on any atom is -0.345 e. The molecule has 1 N–H and O–H groups in total. The number of carbonyl (C=O) groups excluding carboxylic acids is 1. The van der Waals surface area contributed by atoms with Gasteiger partial charge in [0.15, 0.2) is 0 Å². The molecule has 1 aliphatic heterocycles. The summed E-state index contributed by atoms with van der Waals surface area (Å²) in [6.45, 7) is 2.59. The molecule has 0 aromatic carbocycles. The molecule has 1 amide bonds. The number of carbonyl (C=O) groups is 1. The van der Waals surface area contributed by atoms with Gasteiger partial charge in [0.05, 0.1) is 12.1 Å². The molecule has 112 valence electrons. The first-order valence-corrected chi connectivity index (χ1v) is 7.09. The average Bonchev–Trinajstić information content (AvgIpc) is 2.91. The number of hydrogen-bond donors (Lipinski definition) is 1. The number of aryl methyl sites for hydroxylation is 1. The van der Waals surface area contributed by atoms with Gasteiger partial charge in [0.25, 0.3) is 0 Å². The van der Waals surface area contributed by atoms with E-state index in [4.69, 9.17) is 0 Å². The standard InChI is InChI=1S/C14H22N4O.ClH/c1-17(8-10-3-4-10)14(19)13-7-15-6-12(13)11-5-16-18(2)9-11;/h5,9-10,12-13,15H,3-4,6-8H2,1-2H3;1H/t12-,13+;/m1./s1. The van der Waals surface area contributed by atoms with Crippen molar-refractivity contribution in [3.8, 4) is 0 Å². The van der Waals surface area contributed by atoms with E-state index in [0.29, 0.717) is 0 Å². The highest BCUT2D eigenvalue weighted by molar-refractivity contribution is 5.85. The van der Waals surface area contributed by atoms with Gasteiger partial charge in [-0.1, -0.05) is 0 Å². The topological polar surface area (TPSA) is 50.2 Å². The van der Waals surface area contributed by atoms with Crippen LogP contribution in [0.1, 0.15) is 24.3 Å². The maximum Gasteiger partial charge on any atom is 0.227 e. The number of nitrogens with one attached hydrogen (secondary N) is 1. The highest BCUT2D eigenvalue weighted by Crippen LogP contribution is 2.32. The maximum atomic E-state index is 12.6. The summed E-state index contributed by atoms with van der Waals surface area (Å²) in [5.41, 5.74) is 1.17. The van der Waals surface area contributed by atoms with Crippen LogP contribution in [0.5, 0.6) is 0 Å². The van der Waals surface area contributed by atoms with Crippen LogP contribution in [0.15, 0.2) is 12.4 Å². The minimum absolute atomic E-state index is 0. The molecule has 1 aliphatic carbocycles. The fraction of sp³-hybridized carbons (Fsp3) is 0.714. The van der Waals surface area contributed by atoms with Crippen molar-refractivity contribution in [2.75, 3.05) is 26.7 Å². The first-order chi connectivity index (χ1) is 9.15. The van der Waals surface area contributed by atoms with Crippen LogP contribution in [0.4, 0.5) is 0 Å². The van der Waals surface area contributed by atoms with Crippen LogP contribution in [0.25, 0.3) is 0 Å². The lowest BCUT2D eigenvalue weighted by Crippen LogP contribution is -2.37. The van der Waals surface area contributed by atoms with Crippen LogP contribution in [0.2, 0.25) is 0 Å². The van der Waals surface area contributed by atoms with E-state index in [2.05, 4.69) is 10.4 Å². The molecule has 1 saturated heterocycles. The van der Waals surface area contributed by atoms with Crippen molar-refractivity contribution in [3.05, 3.63) is 18.0 Å². The van der Waals surface area contributed by atoms with Gasteiger partial charge in [-0.2, -0.15) is 5.10 Å². The second-order valence-corrected chi connectivity index (χ2v) is 5.98. The van der Waals surface area contributed by atoms with Crippen molar-refractivity contribution >= 4 is 18.3 Å². The Kier molecular flexibility index (Phi) is 4.70. The van der Waals surface area contributed by atoms with Gasteiger partial charge in [0.2, 0.25) is 5.91 Å². The highest BCUT2D eigenvalue weighted by atomic mass is 35.5. The van der Waals surface area contributed by atoms with Gasteiger partial charge in [-0.25, -0.2) is 0 Å². The van der Waals surface area contributed by atoms with Gasteiger partial charge >= 0.3 is 0 Å². The van der Waals surface area contributed by atoms with E-state index in [1.54, 1.807) is 0 Å². The normalized spacial score (nSPS) is 25.3. The lowest BCUT2D eigenvalue weighted by molar-refractivity contribution is -0.134. The summed E-state index contributed by atoms with van der Waals surface area (Å²) in [5, 5.41) is 7.57. The van der Waals surface area contributed by atoms with E-state index in [-0.39, 0.29) is 30.2 Å². The Morgan fingerprint density at radius 1 is 1.50 bits per heavy atom. The molecule has 2 heterocycles. The van der Waals surface area contributed by atoms with E-state index < -0.39 is 0 Å². The Morgan fingerprint density at radius 3 is 2.85 bits per heavy atom. The number of rotatable bonds is 4. The Morgan fingerprint density at radius 2 is 2.25 bits per heavy atom. The summed E-state index contributed by atoms with van der Waals surface area (Å²) in [4.78, 5) is 14.5. The van der Waals surface area contributed by atoms with Gasteiger partial charge < -0.3 is 10.2 Å². The lowest BCUT2D eigenvalue weighted by atomic mass is 9.90. The van der Waals surface area contributed by atoms with Crippen molar-refractivity contribution in [3.63, 3.8) is 0 Å². The molecule has 1 aromatic rings. The summed E-state index contributed by atoms with van der Waals surface area (Å²) >= 11 is 0. The van der Waals surface area contributed by atoms with E-state index >= 15 is 0 Å². The second kappa shape index (κ2) is 6.14. The molecule has 6 heteroatoms. The van der Waals surface area contributed by atoms with Crippen LogP contribution >= 0.6 is 12.4 Å². The third-order valence-corrected chi connectivity index (χ3v) is 4.29. The number of amides is 1. The van der Waals surface area contributed by atoms with E-state index in [0.717, 1.165) is 25.6 Å². The predicted molar refractivity (Wildman–Crippen MR) is 79.9 cm³/mol. The summed E-state index contributed by atoms with van der Waals surface area (Å²) in [6, 6.07) is 0. The average molecular weight is 299 g/mol. The molecule has 0 spiro atoms. The molecule has 0 radical (unpaired) electrons. The maximum absolute atomic E-state index is 12.6. The smallest absolute Gasteiger partial charge is 0.227 e. The fourth-order valence-electron chi connectivity index (χ4n) is 2.98. The van der Waals surface area contributed by atoms with Crippen LogP contribution in [-0.4, -0.2) is 47.3 Å². The molecule has 1 saturated carbocycles. The predicted octanol–water partition coefficient (Wildman–Crippen LogP) is 1.01. The van der Waals surface area contributed by atoms with Gasteiger partial charge in [0, 0.05) is 45.8 Å². The summed E-state index contributed by atoms with van der Waals surface area (Å²) in [6.07, 6.45) is 6.48. The van der Waals surface area contributed by atoms with E-state index in [9.17, 15) is 4.79 Å². The van der Waals surface area contributed by atoms with Crippen molar-refractivity contribution in [2.24, 2.45) is 18.9 Å². The molecule has 5 nitrogen and oxygen atoms in total. The lowest BCUT2D eigenvalue weighted by Gasteiger charge is -2.24. The zero-order valence-corrected chi connectivity index (χ0v) is 12.9. The Hall–Kier alpha value is -1.07. The molecule has 0 unspecified atom stereocenters. The fourth-order valence-corrected chi connectivity index (χ4v) is 2.98. The second-order valence-electron chi connectivity index (χ2n) is 5.98. The van der Waals surface area contributed by atoms with Crippen LogP contribution in [0.3, 0.4) is 0 Å². The molecule has 3 rings (SSSR count). The molecule has 2 aliphatic rings. The summed E-state index contributed by atoms with van der Waals surface area (Å²) in [7, 11) is 3.86.